The third-order valence-corrected chi connectivity index (χ3v) is 4.71. The van der Waals surface area contributed by atoms with Crippen molar-refractivity contribution in [2.24, 2.45) is 7.05 Å². The average molecular weight is 315 g/mol. The Morgan fingerprint density at radius 1 is 1.30 bits per heavy atom. The number of carbonyl (C=O) groups excluding carboxylic acids is 1. The second kappa shape index (κ2) is 5.36. The van der Waals surface area contributed by atoms with E-state index in [0.717, 1.165) is 61.7 Å². The molecule has 0 radical (unpaired) electrons. The number of aryl methyl sites for hydroxylation is 2. The molecular weight excluding hydrogens is 294 g/mol. The van der Waals surface area contributed by atoms with Gasteiger partial charge in [-0.1, -0.05) is 0 Å². The molecule has 0 aliphatic carbocycles. The van der Waals surface area contributed by atoms with Crippen molar-refractivity contribution in [3.63, 3.8) is 0 Å². The zero-order chi connectivity index (χ0) is 16.0. The van der Waals surface area contributed by atoms with Crippen LogP contribution in [-0.2, 0) is 7.05 Å². The first kappa shape index (κ1) is 14.2. The van der Waals surface area contributed by atoms with Crippen LogP contribution in [0.5, 0.6) is 0 Å². The zero-order valence-electron chi connectivity index (χ0n) is 13.5. The van der Waals surface area contributed by atoms with Gasteiger partial charge in [0, 0.05) is 33.2 Å². The van der Waals surface area contributed by atoms with E-state index in [1.165, 1.54) is 0 Å². The van der Waals surface area contributed by atoms with Crippen LogP contribution in [0.1, 0.15) is 18.7 Å². The number of piperidine rings is 1. The summed E-state index contributed by atoms with van der Waals surface area (Å²) in [6.45, 7) is 5.21. The lowest BCUT2D eigenvalue weighted by Crippen LogP contribution is -2.49. The minimum atomic E-state index is 0.0576. The van der Waals surface area contributed by atoms with Gasteiger partial charge in [-0.3, -0.25) is 4.68 Å². The Balaban J connectivity index is 1.66. The minimum absolute atomic E-state index is 0.0576. The van der Waals surface area contributed by atoms with Gasteiger partial charge in [0.25, 0.3) is 0 Å². The van der Waals surface area contributed by atoms with Crippen molar-refractivity contribution in [1.29, 1.82) is 0 Å². The summed E-state index contributed by atoms with van der Waals surface area (Å²) in [5, 5.41) is 8.18. The number of amides is 2. The van der Waals surface area contributed by atoms with E-state index in [1.807, 2.05) is 25.1 Å². The summed E-state index contributed by atoms with van der Waals surface area (Å²) in [6.07, 6.45) is 3.93. The van der Waals surface area contributed by atoms with Crippen molar-refractivity contribution >= 4 is 22.9 Å². The fourth-order valence-corrected chi connectivity index (χ4v) is 3.59. The van der Waals surface area contributed by atoms with Crippen LogP contribution in [-0.4, -0.2) is 62.9 Å². The second-order valence-corrected chi connectivity index (χ2v) is 6.27. The quantitative estimate of drug-likeness (QED) is 0.881. The number of aromatic nitrogens is 4. The predicted octanol–water partition coefficient (Wildman–Crippen LogP) is 0.666. The van der Waals surface area contributed by atoms with Crippen molar-refractivity contribution in [3.8, 4) is 0 Å². The molecule has 0 spiro atoms. The number of fused-ring (bicyclic) bond motifs is 1. The number of hydrogen-bond acceptors (Lipinski definition) is 5. The summed E-state index contributed by atoms with van der Waals surface area (Å²) in [4.78, 5) is 25.3. The topological polar surface area (TPSA) is 79.2 Å². The van der Waals surface area contributed by atoms with E-state index < -0.39 is 0 Å². The van der Waals surface area contributed by atoms with Gasteiger partial charge < -0.3 is 15.1 Å². The molecule has 0 aromatic carbocycles. The van der Waals surface area contributed by atoms with Gasteiger partial charge >= 0.3 is 6.03 Å². The van der Waals surface area contributed by atoms with E-state index in [2.05, 4.69) is 25.3 Å². The highest BCUT2D eigenvalue weighted by molar-refractivity contribution is 5.87. The molecule has 0 saturated carbocycles. The Bertz CT molecular complexity index is 756. The highest BCUT2D eigenvalue weighted by Gasteiger charge is 2.32. The molecule has 8 heteroatoms. The number of nitrogens with zero attached hydrogens (tertiary/aromatic N) is 6. The molecule has 23 heavy (non-hydrogen) atoms. The smallest absolute Gasteiger partial charge is 0.317 e. The summed E-state index contributed by atoms with van der Waals surface area (Å²) in [7, 11) is 1.89. The first-order valence-corrected chi connectivity index (χ1v) is 8.09. The third kappa shape index (κ3) is 2.38. The van der Waals surface area contributed by atoms with Crippen LogP contribution < -0.4 is 10.2 Å². The zero-order valence-corrected chi connectivity index (χ0v) is 13.5. The van der Waals surface area contributed by atoms with Gasteiger partial charge in [0.2, 0.25) is 0 Å². The van der Waals surface area contributed by atoms with Crippen molar-refractivity contribution < 1.29 is 4.79 Å². The van der Waals surface area contributed by atoms with Crippen LogP contribution >= 0.6 is 0 Å². The number of carbonyl (C=O) groups is 1. The number of urea groups is 1. The lowest BCUT2D eigenvalue weighted by molar-refractivity contribution is 0.189. The van der Waals surface area contributed by atoms with E-state index in [1.54, 1.807) is 4.68 Å². The van der Waals surface area contributed by atoms with Crippen LogP contribution in [0.2, 0.25) is 0 Å². The normalized spacial score (nSPS) is 22.0. The van der Waals surface area contributed by atoms with Crippen LogP contribution in [0.4, 0.5) is 10.6 Å². The number of anilines is 1. The SMILES string of the molecule is Cc1nc(N2CCC[C@@H](N3CCNC3=O)C2)c2cnn(C)c2n1. The highest BCUT2D eigenvalue weighted by atomic mass is 16.2. The molecule has 2 aliphatic rings. The monoisotopic (exact) mass is 315 g/mol. The molecule has 1 N–H and O–H groups in total. The standard InChI is InChI=1S/C15H21N7O/c1-10-18-13-12(8-17-20(13)2)14(19-10)21-6-3-4-11(9-21)22-7-5-16-15(22)23/h8,11H,3-7,9H2,1-2H3,(H,16,23)/t11-/m1/s1. The number of nitrogens with one attached hydrogen (secondary N) is 1. The van der Waals surface area contributed by atoms with Gasteiger partial charge in [-0.25, -0.2) is 14.8 Å². The first-order valence-electron chi connectivity index (χ1n) is 8.09. The summed E-state index contributed by atoms with van der Waals surface area (Å²) < 4.78 is 1.78. The molecular formula is C15H21N7O. The van der Waals surface area contributed by atoms with Crippen molar-refractivity contribution in [3.05, 3.63) is 12.0 Å². The van der Waals surface area contributed by atoms with Crippen LogP contribution in [0.3, 0.4) is 0 Å². The van der Waals surface area contributed by atoms with Gasteiger partial charge in [-0.05, 0) is 19.8 Å². The Morgan fingerprint density at radius 2 is 2.17 bits per heavy atom. The molecule has 2 aromatic rings. The molecule has 2 aliphatic heterocycles. The Hall–Kier alpha value is -2.38. The summed E-state index contributed by atoms with van der Waals surface area (Å²) in [5.41, 5.74) is 0.855. The molecule has 2 fully saturated rings. The van der Waals surface area contributed by atoms with Crippen LogP contribution in [0.15, 0.2) is 6.20 Å². The highest BCUT2D eigenvalue weighted by Crippen LogP contribution is 2.27. The van der Waals surface area contributed by atoms with Gasteiger partial charge in [-0.15, -0.1) is 0 Å². The van der Waals surface area contributed by atoms with Crippen molar-refractivity contribution in [2.75, 3.05) is 31.1 Å². The fourth-order valence-electron chi connectivity index (χ4n) is 3.59. The van der Waals surface area contributed by atoms with E-state index in [-0.39, 0.29) is 12.1 Å². The Labute approximate surface area is 134 Å². The summed E-state index contributed by atoms with van der Waals surface area (Å²) in [5.74, 6) is 1.68. The number of hydrogen-bond donors (Lipinski definition) is 1. The molecule has 2 aromatic heterocycles. The third-order valence-electron chi connectivity index (χ3n) is 4.71. The lowest BCUT2D eigenvalue weighted by atomic mass is 10.0. The first-order chi connectivity index (χ1) is 11.1. The van der Waals surface area contributed by atoms with Crippen LogP contribution in [0, 0.1) is 6.92 Å². The maximum atomic E-state index is 11.9. The van der Waals surface area contributed by atoms with Gasteiger partial charge in [0.1, 0.15) is 11.6 Å². The van der Waals surface area contributed by atoms with Crippen LogP contribution in [0.25, 0.3) is 11.0 Å². The predicted molar refractivity (Wildman–Crippen MR) is 86.4 cm³/mol. The van der Waals surface area contributed by atoms with Crippen molar-refractivity contribution in [1.82, 2.24) is 30.0 Å². The summed E-state index contributed by atoms with van der Waals surface area (Å²) in [6, 6.07) is 0.301. The maximum absolute atomic E-state index is 11.9. The molecule has 2 saturated heterocycles. The molecule has 0 bridgehead atoms. The summed E-state index contributed by atoms with van der Waals surface area (Å²) >= 11 is 0. The Morgan fingerprint density at radius 3 is 2.96 bits per heavy atom. The molecule has 0 unspecified atom stereocenters. The van der Waals surface area contributed by atoms with E-state index >= 15 is 0 Å². The van der Waals surface area contributed by atoms with Crippen molar-refractivity contribution in [2.45, 2.75) is 25.8 Å². The van der Waals surface area contributed by atoms with E-state index in [4.69, 9.17) is 0 Å². The molecule has 2 amide bonds. The second-order valence-electron chi connectivity index (χ2n) is 6.27. The molecule has 122 valence electrons. The number of rotatable bonds is 2. The Kier molecular flexibility index (Phi) is 3.32. The fraction of sp³-hybridized carbons (Fsp3) is 0.600. The molecule has 4 rings (SSSR count). The average Bonchev–Trinajstić information content (AvgIpc) is 3.13. The molecule has 1 atom stereocenters. The van der Waals surface area contributed by atoms with Gasteiger partial charge in [0.15, 0.2) is 5.65 Å². The van der Waals surface area contributed by atoms with E-state index in [0.29, 0.717) is 0 Å². The van der Waals surface area contributed by atoms with E-state index in [9.17, 15) is 4.79 Å². The van der Waals surface area contributed by atoms with Gasteiger partial charge in [-0.2, -0.15) is 5.10 Å². The molecule has 8 nitrogen and oxygen atoms in total. The van der Waals surface area contributed by atoms with Gasteiger partial charge in [0.05, 0.1) is 17.6 Å². The lowest BCUT2D eigenvalue weighted by Gasteiger charge is -2.37. The minimum Gasteiger partial charge on any atom is -0.354 e. The maximum Gasteiger partial charge on any atom is 0.317 e. The molecule has 4 heterocycles. The largest absolute Gasteiger partial charge is 0.354 e.